The van der Waals surface area contributed by atoms with Crippen molar-refractivity contribution >= 4 is 16.4 Å². The fourth-order valence-corrected chi connectivity index (χ4v) is 7.07. The molecule has 0 aliphatic carbocycles. The van der Waals surface area contributed by atoms with E-state index in [1.54, 1.807) is 0 Å². The lowest BCUT2D eigenvalue weighted by molar-refractivity contribution is -0.301. The van der Waals surface area contributed by atoms with Gasteiger partial charge in [-0.3, -0.25) is 9.35 Å². The maximum atomic E-state index is 12.9. The Kier molecular flexibility index (Phi) is 36.8. The first-order valence-corrected chi connectivity index (χ1v) is 24.7. The summed E-state index contributed by atoms with van der Waals surface area (Å²) in [6.07, 6.45) is 43.2. The Bertz CT molecular complexity index is 1400. The van der Waals surface area contributed by atoms with Crippen LogP contribution in [0.25, 0.3) is 0 Å². The smallest absolute Gasteiger partial charge is 0.397 e. The van der Waals surface area contributed by atoms with Crippen LogP contribution in [-0.2, 0) is 38.3 Å². The van der Waals surface area contributed by atoms with Gasteiger partial charge in [-0.05, 0) is 83.5 Å². The Balaban J connectivity index is 2.44. The van der Waals surface area contributed by atoms with Crippen LogP contribution in [0.1, 0.15) is 155 Å². The summed E-state index contributed by atoms with van der Waals surface area (Å²) in [5.41, 5.74) is 0. The van der Waals surface area contributed by atoms with Gasteiger partial charge in [0, 0.05) is 13.0 Å². The highest BCUT2D eigenvalue weighted by molar-refractivity contribution is 7.80. The molecule has 1 aliphatic heterocycles. The van der Waals surface area contributed by atoms with Crippen molar-refractivity contribution in [1.82, 2.24) is 0 Å². The van der Waals surface area contributed by atoms with E-state index in [4.69, 9.17) is 23.5 Å². The zero-order valence-corrected chi connectivity index (χ0v) is 38.7. The third-order valence-electron chi connectivity index (χ3n) is 10.0. The van der Waals surface area contributed by atoms with Crippen LogP contribution in [0.4, 0.5) is 0 Å². The van der Waals surface area contributed by atoms with Crippen molar-refractivity contribution in [2.75, 3.05) is 26.4 Å². The molecular weight excluding hydrogens is 813 g/mol. The van der Waals surface area contributed by atoms with Gasteiger partial charge in [-0.2, -0.15) is 8.42 Å². The SMILES string of the molecule is CC/C=C\C/C=C\C/C=C\C/C=C\CCCCCCCCC(=O)OC(COCCCCCCCC/C=C\C/C=C\C/C=C\CC)COC1OC(CO)C(O)C(OS(=O)(=O)O)C1O. The molecule has 0 saturated carbocycles. The van der Waals surface area contributed by atoms with Crippen molar-refractivity contribution in [2.45, 2.75) is 192 Å². The molecule has 0 aromatic heterocycles. The molecule has 0 bridgehead atoms. The summed E-state index contributed by atoms with van der Waals surface area (Å²) in [7, 11) is -5.07. The highest BCUT2D eigenvalue weighted by atomic mass is 32.3. The van der Waals surface area contributed by atoms with Gasteiger partial charge in [0.25, 0.3) is 0 Å². The minimum Gasteiger partial charge on any atom is -0.457 e. The van der Waals surface area contributed by atoms with E-state index in [1.807, 2.05) is 0 Å². The summed E-state index contributed by atoms with van der Waals surface area (Å²) in [6, 6.07) is 0. The fraction of sp³-hybridized carbons (Fsp3) is 0.694. The number of hydrogen-bond donors (Lipinski definition) is 4. The predicted octanol–water partition coefficient (Wildman–Crippen LogP) is 10.1. The van der Waals surface area contributed by atoms with Gasteiger partial charge in [0.05, 0.1) is 19.8 Å². The van der Waals surface area contributed by atoms with E-state index in [0.29, 0.717) is 13.0 Å². The van der Waals surface area contributed by atoms with E-state index < -0.39 is 59.8 Å². The fourth-order valence-electron chi connectivity index (χ4n) is 6.56. The molecule has 6 atom stereocenters. The number of unbranched alkanes of at least 4 members (excludes halogenated alkanes) is 12. The summed E-state index contributed by atoms with van der Waals surface area (Å²) in [5, 5.41) is 30.7. The van der Waals surface area contributed by atoms with Gasteiger partial charge in [0.1, 0.15) is 30.5 Å². The van der Waals surface area contributed by atoms with Crippen LogP contribution in [0.5, 0.6) is 0 Å². The molecule has 1 fully saturated rings. The normalized spacial score (nSPS) is 20.8. The summed E-state index contributed by atoms with van der Waals surface area (Å²) in [5.74, 6) is -0.422. The van der Waals surface area contributed by atoms with Crippen LogP contribution < -0.4 is 0 Å². The molecule has 1 rings (SSSR count). The highest BCUT2D eigenvalue weighted by Crippen LogP contribution is 2.26. The second-order valence-corrected chi connectivity index (χ2v) is 16.6. The molecular formula is C49H82O12S. The Hall–Kier alpha value is -2.72. The number of carbonyl (C=O) groups excluding carboxylic acids is 1. The number of rotatable bonds is 39. The highest BCUT2D eigenvalue weighted by Gasteiger charge is 2.48. The van der Waals surface area contributed by atoms with Gasteiger partial charge in [-0.1, -0.05) is 150 Å². The maximum Gasteiger partial charge on any atom is 0.397 e. The summed E-state index contributed by atoms with van der Waals surface area (Å²) < 4.78 is 59.1. The molecule has 0 aromatic carbocycles. The summed E-state index contributed by atoms with van der Waals surface area (Å²) >= 11 is 0. The average molecular weight is 895 g/mol. The molecule has 0 spiro atoms. The number of carbonyl (C=O) groups is 1. The first kappa shape index (κ1) is 57.3. The van der Waals surface area contributed by atoms with Gasteiger partial charge in [-0.25, -0.2) is 4.18 Å². The van der Waals surface area contributed by atoms with Crippen molar-refractivity contribution in [3.8, 4) is 0 Å². The van der Waals surface area contributed by atoms with Crippen molar-refractivity contribution in [3.05, 3.63) is 85.1 Å². The molecule has 0 radical (unpaired) electrons. The monoisotopic (exact) mass is 895 g/mol. The van der Waals surface area contributed by atoms with Crippen LogP contribution in [0.15, 0.2) is 85.1 Å². The lowest BCUT2D eigenvalue weighted by Crippen LogP contribution is -2.60. The van der Waals surface area contributed by atoms with Gasteiger partial charge in [-0.15, -0.1) is 0 Å². The number of aliphatic hydroxyl groups excluding tert-OH is 3. The lowest BCUT2D eigenvalue weighted by atomic mass is 9.99. The first-order valence-electron chi connectivity index (χ1n) is 23.3. The Morgan fingerprint density at radius 1 is 0.613 bits per heavy atom. The number of hydrogen-bond acceptors (Lipinski definition) is 11. The molecule has 1 heterocycles. The second-order valence-electron chi connectivity index (χ2n) is 15.6. The standard InChI is InChI=1S/C49H82O12S/c1-3-5-7-9-11-13-15-17-19-21-22-23-24-26-28-30-32-34-36-38-45(51)59-43(42-58-49-47(53)48(61-62(54,55)56)46(52)44(40-50)60-49)41-57-39-37-35-33-31-29-27-25-20-18-16-14-12-10-8-6-4-2/h5-8,11-14,17-20,22-23,43-44,46-50,52-53H,3-4,9-10,15-16,21,24-42H2,1-2H3,(H,54,55,56)/b7-5-,8-6-,13-11-,14-12-,19-17-,20-18-,23-22-. The van der Waals surface area contributed by atoms with Gasteiger partial charge in [0.15, 0.2) is 6.29 Å². The van der Waals surface area contributed by atoms with Crippen molar-refractivity contribution in [2.24, 2.45) is 0 Å². The van der Waals surface area contributed by atoms with E-state index in [2.05, 4.69) is 103 Å². The average Bonchev–Trinajstić information content (AvgIpc) is 3.24. The van der Waals surface area contributed by atoms with Gasteiger partial charge in [0.2, 0.25) is 0 Å². The first-order chi connectivity index (χ1) is 30.1. The van der Waals surface area contributed by atoms with Crippen LogP contribution in [0.2, 0.25) is 0 Å². The minimum atomic E-state index is -5.07. The largest absolute Gasteiger partial charge is 0.457 e. The van der Waals surface area contributed by atoms with Crippen molar-refractivity contribution < 1.29 is 56.2 Å². The molecule has 4 N–H and O–H groups in total. The van der Waals surface area contributed by atoms with Gasteiger partial charge < -0.3 is 34.3 Å². The third kappa shape index (κ3) is 32.9. The maximum absolute atomic E-state index is 12.9. The predicted molar refractivity (Wildman–Crippen MR) is 248 cm³/mol. The van der Waals surface area contributed by atoms with Gasteiger partial charge >= 0.3 is 16.4 Å². The Morgan fingerprint density at radius 2 is 1.06 bits per heavy atom. The van der Waals surface area contributed by atoms with E-state index >= 15 is 0 Å². The van der Waals surface area contributed by atoms with E-state index in [-0.39, 0.29) is 19.6 Å². The van der Waals surface area contributed by atoms with E-state index in [0.717, 1.165) is 122 Å². The number of esters is 1. The Morgan fingerprint density at radius 3 is 1.55 bits per heavy atom. The van der Waals surface area contributed by atoms with E-state index in [9.17, 15) is 28.5 Å². The summed E-state index contributed by atoms with van der Waals surface area (Å²) in [4.78, 5) is 12.9. The molecule has 6 unspecified atom stereocenters. The zero-order valence-electron chi connectivity index (χ0n) is 37.9. The lowest BCUT2D eigenvalue weighted by Gasteiger charge is -2.41. The second kappa shape index (κ2) is 39.8. The molecule has 13 heteroatoms. The van der Waals surface area contributed by atoms with Crippen LogP contribution in [-0.4, -0.2) is 97.5 Å². The minimum absolute atomic E-state index is 0.0157. The van der Waals surface area contributed by atoms with Crippen molar-refractivity contribution in [3.63, 3.8) is 0 Å². The van der Waals surface area contributed by atoms with Crippen LogP contribution in [0.3, 0.4) is 0 Å². The summed E-state index contributed by atoms with van der Waals surface area (Å²) in [6.45, 7) is 3.70. The molecule has 1 aliphatic rings. The molecule has 0 amide bonds. The molecule has 1 saturated heterocycles. The Labute approximate surface area is 374 Å². The molecule has 12 nitrogen and oxygen atoms in total. The quantitative estimate of drug-likeness (QED) is 0.0199. The van der Waals surface area contributed by atoms with Crippen LogP contribution in [0, 0.1) is 0 Å². The van der Waals surface area contributed by atoms with E-state index in [1.165, 1.54) is 6.42 Å². The number of ether oxygens (including phenoxy) is 4. The number of aliphatic hydroxyl groups is 3. The molecule has 356 valence electrons. The topological polar surface area (TPSA) is 178 Å². The third-order valence-corrected chi connectivity index (χ3v) is 10.5. The van der Waals surface area contributed by atoms with Crippen molar-refractivity contribution in [1.29, 1.82) is 0 Å². The van der Waals surface area contributed by atoms with Crippen LogP contribution >= 0.6 is 0 Å². The molecule has 0 aromatic rings. The number of allylic oxidation sites excluding steroid dienone is 14. The zero-order chi connectivity index (χ0) is 45.4. The molecule has 62 heavy (non-hydrogen) atoms.